The molecule has 0 amide bonds. The zero-order chi connectivity index (χ0) is 15.6. The van der Waals surface area contributed by atoms with Crippen LogP contribution in [0.4, 0.5) is 11.5 Å². The molecule has 0 saturated heterocycles. The van der Waals surface area contributed by atoms with Crippen molar-refractivity contribution in [1.82, 2.24) is 9.78 Å². The number of nitrogens with two attached hydrogens (primary N) is 1. The molecule has 0 aliphatic carbocycles. The Morgan fingerprint density at radius 3 is 2.67 bits per heavy atom. The van der Waals surface area contributed by atoms with Crippen molar-refractivity contribution >= 4 is 21.5 Å². The van der Waals surface area contributed by atoms with E-state index in [1.807, 2.05) is 20.8 Å². The molecule has 114 valence electrons. The number of benzene rings is 1. The number of nitrogen functional groups attached to an aromatic ring is 1. The molecule has 0 radical (unpaired) electrons. The van der Waals surface area contributed by atoms with Gasteiger partial charge in [0.25, 0.3) is 10.0 Å². The van der Waals surface area contributed by atoms with Crippen LogP contribution < -0.4 is 10.5 Å². The fourth-order valence-electron chi connectivity index (χ4n) is 2.11. The van der Waals surface area contributed by atoms with E-state index in [9.17, 15) is 8.42 Å². The first-order chi connectivity index (χ1) is 9.85. The van der Waals surface area contributed by atoms with Gasteiger partial charge in [0.2, 0.25) is 0 Å². The summed E-state index contributed by atoms with van der Waals surface area (Å²) in [4.78, 5) is 0.210. The highest BCUT2D eigenvalue weighted by Crippen LogP contribution is 2.23. The summed E-state index contributed by atoms with van der Waals surface area (Å²) in [6, 6.07) is 6.62. The van der Waals surface area contributed by atoms with Crippen molar-refractivity contribution in [3.05, 3.63) is 36.0 Å². The Hall–Kier alpha value is -2.02. The quantitative estimate of drug-likeness (QED) is 0.830. The van der Waals surface area contributed by atoms with Gasteiger partial charge >= 0.3 is 0 Å². The van der Waals surface area contributed by atoms with Crippen LogP contribution >= 0.6 is 0 Å². The molecule has 0 saturated carbocycles. The SMILES string of the molecule is CCc1ccc(N)cc1S(=O)(=O)Nc1ccnn1C(C)C. The molecule has 2 aromatic rings. The predicted molar refractivity (Wildman–Crippen MR) is 83.7 cm³/mol. The van der Waals surface area contributed by atoms with Gasteiger partial charge in [-0.3, -0.25) is 4.72 Å². The number of nitrogens with zero attached hydrogens (tertiary/aromatic N) is 2. The lowest BCUT2D eigenvalue weighted by atomic mass is 10.1. The maximum atomic E-state index is 12.6. The Morgan fingerprint density at radius 2 is 2.05 bits per heavy atom. The second kappa shape index (κ2) is 5.77. The van der Waals surface area contributed by atoms with Crippen LogP contribution in [0.2, 0.25) is 0 Å². The Labute approximate surface area is 125 Å². The third-order valence-electron chi connectivity index (χ3n) is 3.16. The minimum Gasteiger partial charge on any atom is -0.399 e. The van der Waals surface area contributed by atoms with Crippen molar-refractivity contribution in [3.8, 4) is 0 Å². The van der Waals surface area contributed by atoms with Gasteiger partial charge in [-0.1, -0.05) is 13.0 Å². The van der Waals surface area contributed by atoms with Crippen molar-refractivity contribution < 1.29 is 8.42 Å². The van der Waals surface area contributed by atoms with Crippen molar-refractivity contribution in [1.29, 1.82) is 0 Å². The van der Waals surface area contributed by atoms with Crippen molar-refractivity contribution in [2.75, 3.05) is 10.5 Å². The average molecular weight is 308 g/mol. The second-order valence-corrected chi connectivity index (χ2v) is 6.73. The Morgan fingerprint density at radius 1 is 1.33 bits per heavy atom. The van der Waals surface area contributed by atoms with Gasteiger partial charge in [-0.2, -0.15) is 5.10 Å². The Kier molecular flexibility index (Phi) is 4.22. The molecule has 0 aliphatic heterocycles. The van der Waals surface area contributed by atoms with Crippen LogP contribution in [0.3, 0.4) is 0 Å². The summed E-state index contributed by atoms with van der Waals surface area (Å²) in [6.07, 6.45) is 2.18. The minimum absolute atomic E-state index is 0.0594. The van der Waals surface area contributed by atoms with Crippen LogP contribution in [-0.4, -0.2) is 18.2 Å². The van der Waals surface area contributed by atoms with Crippen LogP contribution in [0, 0.1) is 0 Å². The first-order valence-electron chi connectivity index (χ1n) is 6.80. The van der Waals surface area contributed by atoms with Crippen molar-refractivity contribution in [2.45, 2.75) is 38.1 Å². The van der Waals surface area contributed by atoms with E-state index >= 15 is 0 Å². The van der Waals surface area contributed by atoms with Gasteiger partial charge < -0.3 is 5.73 Å². The fourth-order valence-corrected chi connectivity index (χ4v) is 3.51. The van der Waals surface area contributed by atoms with Gasteiger partial charge in [-0.25, -0.2) is 13.1 Å². The summed E-state index contributed by atoms with van der Waals surface area (Å²) in [5.41, 5.74) is 6.87. The first-order valence-corrected chi connectivity index (χ1v) is 8.28. The van der Waals surface area contributed by atoms with Gasteiger partial charge in [-0.15, -0.1) is 0 Å². The molecule has 1 heterocycles. The van der Waals surface area contributed by atoms with Gasteiger partial charge in [-0.05, 0) is 38.0 Å². The molecular formula is C14H20N4O2S. The maximum absolute atomic E-state index is 12.6. The van der Waals surface area contributed by atoms with Gasteiger partial charge in [0.15, 0.2) is 0 Å². The van der Waals surface area contributed by atoms with Crippen LogP contribution in [-0.2, 0) is 16.4 Å². The number of hydrogen-bond donors (Lipinski definition) is 2. The van der Waals surface area contributed by atoms with Crippen LogP contribution in [0.5, 0.6) is 0 Å². The number of anilines is 2. The maximum Gasteiger partial charge on any atom is 0.263 e. The molecule has 0 atom stereocenters. The zero-order valence-electron chi connectivity index (χ0n) is 12.4. The minimum atomic E-state index is -3.70. The summed E-state index contributed by atoms with van der Waals surface area (Å²) in [6.45, 7) is 5.77. The number of hydrogen-bond acceptors (Lipinski definition) is 4. The number of aromatic nitrogens is 2. The molecule has 6 nitrogen and oxygen atoms in total. The van der Waals surface area contributed by atoms with Crippen molar-refractivity contribution in [2.24, 2.45) is 0 Å². The van der Waals surface area contributed by atoms with E-state index < -0.39 is 10.0 Å². The lowest BCUT2D eigenvalue weighted by molar-refractivity contribution is 0.539. The van der Waals surface area contributed by atoms with E-state index in [1.54, 1.807) is 29.1 Å². The van der Waals surface area contributed by atoms with Crippen LogP contribution in [0.15, 0.2) is 35.4 Å². The zero-order valence-corrected chi connectivity index (χ0v) is 13.2. The van der Waals surface area contributed by atoms with Crippen LogP contribution in [0.25, 0.3) is 0 Å². The molecule has 7 heteroatoms. The summed E-state index contributed by atoms with van der Waals surface area (Å²) in [5.74, 6) is 0.439. The molecule has 0 fully saturated rings. The second-order valence-electron chi connectivity index (χ2n) is 5.08. The summed E-state index contributed by atoms with van der Waals surface area (Å²) >= 11 is 0. The lowest BCUT2D eigenvalue weighted by Crippen LogP contribution is -2.18. The number of sulfonamides is 1. The van der Waals surface area contributed by atoms with Crippen LogP contribution in [0.1, 0.15) is 32.4 Å². The third-order valence-corrected chi connectivity index (χ3v) is 4.60. The largest absolute Gasteiger partial charge is 0.399 e. The van der Waals surface area contributed by atoms with E-state index in [0.717, 1.165) is 5.56 Å². The molecule has 1 aromatic heterocycles. The molecule has 0 unspecified atom stereocenters. The van der Waals surface area contributed by atoms with E-state index in [4.69, 9.17) is 5.73 Å². The van der Waals surface area contributed by atoms with E-state index in [1.165, 1.54) is 6.07 Å². The highest BCUT2D eigenvalue weighted by atomic mass is 32.2. The van der Waals surface area contributed by atoms with E-state index in [0.29, 0.717) is 17.9 Å². The smallest absolute Gasteiger partial charge is 0.263 e. The molecule has 2 rings (SSSR count). The molecule has 3 N–H and O–H groups in total. The van der Waals surface area contributed by atoms with Gasteiger partial charge in [0.1, 0.15) is 5.82 Å². The van der Waals surface area contributed by atoms with E-state index in [-0.39, 0.29) is 10.9 Å². The van der Waals surface area contributed by atoms with Gasteiger partial charge in [0.05, 0.1) is 11.1 Å². The topological polar surface area (TPSA) is 90.0 Å². The predicted octanol–water partition coefficient (Wildman–Crippen LogP) is 2.41. The normalized spacial score (nSPS) is 11.8. The number of aryl methyl sites for hydroxylation is 1. The van der Waals surface area contributed by atoms with Gasteiger partial charge in [0, 0.05) is 17.8 Å². The first kappa shape index (κ1) is 15.4. The average Bonchev–Trinajstić information content (AvgIpc) is 2.86. The summed E-state index contributed by atoms with van der Waals surface area (Å²) in [5, 5.41) is 4.12. The highest BCUT2D eigenvalue weighted by Gasteiger charge is 2.20. The Balaban J connectivity index is 2.43. The summed E-state index contributed by atoms with van der Waals surface area (Å²) in [7, 11) is -3.70. The fraction of sp³-hybridized carbons (Fsp3) is 0.357. The highest BCUT2D eigenvalue weighted by molar-refractivity contribution is 7.92. The molecule has 0 spiro atoms. The number of nitrogens with one attached hydrogen (secondary N) is 1. The molecule has 0 bridgehead atoms. The molecule has 1 aromatic carbocycles. The standard InChI is InChI=1S/C14H20N4O2S/c1-4-11-5-6-12(15)9-13(11)21(19,20)17-14-7-8-16-18(14)10(2)3/h5-10,17H,4,15H2,1-3H3. The van der Waals surface area contributed by atoms with E-state index in [2.05, 4.69) is 9.82 Å². The number of rotatable bonds is 5. The molecule has 21 heavy (non-hydrogen) atoms. The third kappa shape index (κ3) is 3.18. The molecular weight excluding hydrogens is 288 g/mol. The monoisotopic (exact) mass is 308 g/mol. The molecule has 0 aliphatic rings. The van der Waals surface area contributed by atoms with Crippen molar-refractivity contribution in [3.63, 3.8) is 0 Å². The lowest BCUT2D eigenvalue weighted by Gasteiger charge is -2.15. The Bertz CT molecular complexity index is 735. The summed E-state index contributed by atoms with van der Waals surface area (Å²) < 4.78 is 29.4.